The van der Waals surface area contributed by atoms with E-state index in [9.17, 15) is 9.90 Å². The Kier molecular flexibility index (Phi) is 4.87. The van der Waals surface area contributed by atoms with E-state index in [0.717, 1.165) is 51.1 Å². The lowest BCUT2D eigenvalue weighted by molar-refractivity contribution is -0.138. The van der Waals surface area contributed by atoms with E-state index in [1.54, 1.807) is 12.1 Å². The van der Waals surface area contributed by atoms with Crippen LogP contribution in [0.3, 0.4) is 0 Å². The Morgan fingerprint density at radius 3 is 2.65 bits per heavy atom. The van der Waals surface area contributed by atoms with Crippen molar-refractivity contribution in [1.29, 1.82) is 0 Å². The fourth-order valence-electron chi connectivity index (χ4n) is 3.82. The minimum absolute atomic E-state index is 0.0450. The van der Waals surface area contributed by atoms with Crippen molar-refractivity contribution < 1.29 is 14.6 Å². The zero-order valence-electron chi connectivity index (χ0n) is 13.5. The number of phenols is 1. The first-order valence-corrected chi connectivity index (χ1v) is 8.48. The highest BCUT2D eigenvalue weighted by molar-refractivity contribution is 5.82. The molecule has 0 unspecified atom stereocenters. The Hall–Kier alpha value is -1.59. The highest BCUT2D eigenvalue weighted by Crippen LogP contribution is 2.39. The molecular weight excluding hydrogens is 292 g/mol. The average molecular weight is 318 g/mol. The molecule has 0 bridgehead atoms. The molecule has 3 rings (SSSR count). The van der Waals surface area contributed by atoms with Crippen LogP contribution in [-0.2, 0) is 16.0 Å². The normalized spacial score (nSPS) is 22.0. The fraction of sp³-hybridized carbons (Fsp3) is 0.611. The summed E-state index contributed by atoms with van der Waals surface area (Å²) in [5, 5.41) is 9.33. The topological polar surface area (TPSA) is 75.8 Å². The van der Waals surface area contributed by atoms with Gasteiger partial charge in [-0.15, -0.1) is 0 Å². The van der Waals surface area contributed by atoms with E-state index in [1.165, 1.54) is 6.42 Å². The number of nitrogens with zero attached hydrogens (tertiary/aromatic N) is 1. The Morgan fingerprint density at radius 1 is 1.26 bits per heavy atom. The van der Waals surface area contributed by atoms with Crippen molar-refractivity contribution in [1.82, 2.24) is 4.90 Å². The SMILES string of the molecule is N[C@@H](Cc1ccc(O)cc1)C(=O)N1CCCC2(CCOCC2)C1. The number of amides is 1. The molecule has 2 saturated heterocycles. The largest absolute Gasteiger partial charge is 0.508 e. The smallest absolute Gasteiger partial charge is 0.239 e. The third-order valence-corrected chi connectivity index (χ3v) is 5.24. The van der Waals surface area contributed by atoms with Crippen LogP contribution in [0.25, 0.3) is 0 Å². The van der Waals surface area contributed by atoms with Crippen LogP contribution in [0.1, 0.15) is 31.2 Å². The molecule has 1 aromatic carbocycles. The molecule has 5 nitrogen and oxygen atoms in total. The number of piperidine rings is 1. The Bertz CT molecular complexity index is 532. The third kappa shape index (κ3) is 3.85. The van der Waals surface area contributed by atoms with Crippen LogP contribution in [0, 0.1) is 5.41 Å². The number of carbonyl (C=O) groups excluding carboxylic acids is 1. The van der Waals surface area contributed by atoms with Crippen LogP contribution < -0.4 is 5.73 Å². The van der Waals surface area contributed by atoms with Gasteiger partial charge in [-0.2, -0.15) is 0 Å². The summed E-state index contributed by atoms with van der Waals surface area (Å²) < 4.78 is 5.48. The molecule has 5 heteroatoms. The van der Waals surface area contributed by atoms with Crippen molar-refractivity contribution >= 4 is 5.91 Å². The summed E-state index contributed by atoms with van der Waals surface area (Å²) in [7, 11) is 0. The van der Waals surface area contributed by atoms with E-state index >= 15 is 0 Å². The monoisotopic (exact) mass is 318 g/mol. The van der Waals surface area contributed by atoms with E-state index in [2.05, 4.69) is 0 Å². The molecule has 1 aromatic rings. The Labute approximate surface area is 137 Å². The van der Waals surface area contributed by atoms with Gasteiger partial charge in [0.15, 0.2) is 0 Å². The van der Waals surface area contributed by atoms with Crippen molar-refractivity contribution in [2.24, 2.45) is 11.1 Å². The number of benzene rings is 1. The van der Waals surface area contributed by atoms with Crippen LogP contribution in [-0.4, -0.2) is 48.3 Å². The number of phenolic OH excluding ortho intramolecular Hbond substituents is 1. The van der Waals surface area contributed by atoms with Crippen LogP contribution >= 0.6 is 0 Å². The molecule has 3 N–H and O–H groups in total. The van der Waals surface area contributed by atoms with Gasteiger partial charge < -0.3 is 20.5 Å². The van der Waals surface area contributed by atoms with Crippen molar-refractivity contribution in [2.75, 3.05) is 26.3 Å². The molecule has 23 heavy (non-hydrogen) atoms. The molecule has 1 atom stereocenters. The molecule has 0 aromatic heterocycles. The quantitative estimate of drug-likeness (QED) is 0.889. The highest BCUT2D eigenvalue weighted by Gasteiger charge is 2.39. The molecule has 2 fully saturated rings. The summed E-state index contributed by atoms with van der Waals surface area (Å²) in [4.78, 5) is 14.7. The molecule has 126 valence electrons. The van der Waals surface area contributed by atoms with Crippen molar-refractivity contribution in [3.05, 3.63) is 29.8 Å². The lowest BCUT2D eigenvalue weighted by atomic mass is 9.74. The van der Waals surface area contributed by atoms with Crippen molar-refractivity contribution in [3.8, 4) is 5.75 Å². The van der Waals surface area contributed by atoms with Gasteiger partial charge in [-0.05, 0) is 55.2 Å². The number of likely N-dealkylation sites (tertiary alicyclic amines) is 1. The van der Waals surface area contributed by atoms with E-state index in [-0.39, 0.29) is 17.1 Å². The molecule has 1 amide bonds. The maximum absolute atomic E-state index is 12.7. The van der Waals surface area contributed by atoms with E-state index in [1.807, 2.05) is 17.0 Å². The van der Waals surface area contributed by atoms with Gasteiger partial charge in [0.1, 0.15) is 5.75 Å². The maximum atomic E-state index is 12.7. The number of nitrogens with two attached hydrogens (primary N) is 1. The number of carbonyl (C=O) groups is 1. The summed E-state index contributed by atoms with van der Waals surface area (Å²) in [6.07, 6.45) is 4.84. The van der Waals surface area contributed by atoms with Crippen LogP contribution in [0.5, 0.6) is 5.75 Å². The van der Waals surface area contributed by atoms with Crippen LogP contribution in [0.2, 0.25) is 0 Å². The molecule has 2 aliphatic heterocycles. The zero-order valence-corrected chi connectivity index (χ0v) is 13.5. The summed E-state index contributed by atoms with van der Waals surface area (Å²) in [5.74, 6) is 0.273. The van der Waals surface area contributed by atoms with Crippen molar-refractivity contribution in [2.45, 2.75) is 38.1 Å². The van der Waals surface area contributed by atoms with Crippen LogP contribution in [0.4, 0.5) is 0 Å². The first kappa shape index (κ1) is 16.3. The second-order valence-electron chi connectivity index (χ2n) is 6.95. The number of aromatic hydroxyl groups is 1. The molecule has 2 aliphatic rings. The fourth-order valence-corrected chi connectivity index (χ4v) is 3.82. The third-order valence-electron chi connectivity index (χ3n) is 5.24. The van der Waals surface area contributed by atoms with Gasteiger partial charge in [0.2, 0.25) is 5.91 Å². The predicted molar refractivity (Wildman–Crippen MR) is 88.1 cm³/mol. The van der Waals surface area contributed by atoms with E-state index in [4.69, 9.17) is 10.5 Å². The minimum Gasteiger partial charge on any atom is -0.508 e. The van der Waals surface area contributed by atoms with Gasteiger partial charge in [0.25, 0.3) is 0 Å². The predicted octanol–water partition coefficient (Wildman–Crippen LogP) is 1.68. The summed E-state index contributed by atoms with van der Waals surface area (Å²) in [6, 6.07) is 6.38. The minimum atomic E-state index is -0.519. The second kappa shape index (κ2) is 6.89. The molecule has 0 aliphatic carbocycles. The van der Waals surface area contributed by atoms with Crippen LogP contribution in [0.15, 0.2) is 24.3 Å². The zero-order chi connectivity index (χ0) is 16.3. The second-order valence-corrected chi connectivity index (χ2v) is 6.95. The Morgan fingerprint density at radius 2 is 1.96 bits per heavy atom. The number of hydrogen-bond acceptors (Lipinski definition) is 4. The highest BCUT2D eigenvalue weighted by atomic mass is 16.5. The average Bonchev–Trinajstić information content (AvgIpc) is 2.57. The molecule has 2 heterocycles. The standard InChI is InChI=1S/C18H26N2O3/c19-16(12-14-2-4-15(21)5-3-14)17(22)20-9-1-6-18(13-20)7-10-23-11-8-18/h2-5,16,21H,1,6-13,19H2/t16-/m0/s1. The number of ether oxygens (including phenoxy) is 1. The van der Waals surface area contributed by atoms with Gasteiger partial charge in [0, 0.05) is 26.3 Å². The molecular formula is C18H26N2O3. The maximum Gasteiger partial charge on any atom is 0.239 e. The molecule has 0 radical (unpaired) electrons. The summed E-state index contributed by atoms with van der Waals surface area (Å²) in [6.45, 7) is 3.24. The van der Waals surface area contributed by atoms with Gasteiger partial charge in [-0.3, -0.25) is 4.79 Å². The van der Waals surface area contributed by atoms with E-state index < -0.39 is 6.04 Å². The molecule has 0 saturated carbocycles. The molecule has 1 spiro atoms. The van der Waals surface area contributed by atoms with Gasteiger partial charge >= 0.3 is 0 Å². The first-order valence-electron chi connectivity index (χ1n) is 8.48. The first-order chi connectivity index (χ1) is 11.1. The summed E-state index contributed by atoms with van der Waals surface area (Å²) >= 11 is 0. The van der Waals surface area contributed by atoms with Gasteiger partial charge in [-0.1, -0.05) is 12.1 Å². The number of hydrogen-bond donors (Lipinski definition) is 2. The van der Waals surface area contributed by atoms with Gasteiger partial charge in [-0.25, -0.2) is 0 Å². The summed E-state index contributed by atoms with van der Waals surface area (Å²) in [5.41, 5.74) is 7.37. The lowest BCUT2D eigenvalue weighted by Gasteiger charge is -2.45. The number of rotatable bonds is 3. The van der Waals surface area contributed by atoms with Gasteiger partial charge in [0.05, 0.1) is 6.04 Å². The van der Waals surface area contributed by atoms with Crippen molar-refractivity contribution in [3.63, 3.8) is 0 Å². The lowest BCUT2D eigenvalue weighted by Crippen LogP contribution is -2.53. The van der Waals surface area contributed by atoms with E-state index in [0.29, 0.717) is 6.42 Å². The Balaban J connectivity index is 1.61.